The van der Waals surface area contributed by atoms with E-state index in [1.807, 2.05) is 0 Å². The minimum atomic E-state index is -3.60. The second-order valence-corrected chi connectivity index (χ2v) is 8.85. The maximum atomic E-state index is 12.8. The van der Waals surface area contributed by atoms with Crippen molar-refractivity contribution in [1.29, 1.82) is 0 Å². The van der Waals surface area contributed by atoms with Gasteiger partial charge in [-0.1, -0.05) is 0 Å². The number of sulfonamides is 1. The molecule has 1 heterocycles. The predicted octanol–water partition coefficient (Wildman–Crippen LogP) is 2.75. The summed E-state index contributed by atoms with van der Waals surface area (Å²) in [5.74, 6) is 1.30. The zero-order valence-corrected chi connectivity index (χ0v) is 18.1. The highest BCUT2D eigenvalue weighted by Gasteiger charge is 2.32. The van der Waals surface area contributed by atoms with Gasteiger partial charge in [-0.05, 0) is 49.2 Å². The molecule has 0 saturated carbocycles. The first-order valence-electron chi connectivity index (χ1n) is 9.56. The number of piperidine rings is 1. The first-order valence-corrected chi connectivity index (χ1v) is 11.0. The topological polar surface area (TPSA) is 94.2 Å². The molecule has 0 spiro atoms. The fourth-order valence-electron chi connectivity index (χ4n) is 3.41. The number of carbonyl (C=O) groups is 1. The van der Waals surface area contributed by atoms with Crippen molar-refractivity contribution in [1.82, 2.24) is 4.31 Å². The van der Waals surface area contributed by atoms with Crippen LogP contribution in [0.3, 0.4) is 0 Å². The highest BCUT2D eigenvalue weighted by molar-refractivity contribution is 7.89. The SMILES string of the molecule is COc1ccc(S(=O)(=O)N2CCC(C(=O)Nc3ccc(OC)c(OC)c3)CC2)cc1. The molecule has 1 N–H and O–H groups in total. The zero-order chi connectivity index (χ0) is 21.7. The van der Waals surface area contributed by atoms with Gasteiger partial charge in [0.2, 0.25) is 15.9 Å². The fraction of sp³-hybridized carbons (Fsp3) is 0.381. The lowest BCUT2D eigenvalue weighted by atomic mass is 9.97. The molecule has 1 aliphatic rings. The van der Waals surface area contributed by atoms with Crippen LogP contribution >= 0.6 is 0 Å². The average Bonchev–Trinajstić information content (AvgIpc) is 2.79. The van der Waals surface area contributed by atoms with Crippen LogP contribution in [0.4, 0.5) is 5.69 Å². The minimum Gasteiger partial charge on any atom is -0.497 e. The van der Waals surface area contributed by atoms with E-state index in [4.69, 9.17) is 14.2 Å². The van der Waals surface area contributed by atoms with Gasteiger partial charge in [0, 0.05) is 30.8 Å². The number of benzene rings is 2. The smallest absolute Gasteiger partial charge is 0.243 e. The summed E-state index contributed by atoms with van der Waals surface area (Å²) in [5, 5.41) is 2.88. The maximum Gasteiger partial charge on any atom is 0.243 e. The van der Waals surface area contributed by atoms with Crippen molar-refractivity contribution in [3.8, 4) is 17.2 Å². The number of nitrogens with one attached hydrogen (secondary N) is 1. The summed E-state index contributed by atoms with van der Waals surface area (Å²) < 4.78 is 42.6. The Morgan fingerprint density at radius 3 is 2.13 bits per heavy atom. The summed E-state index contributed by atoms with van der Waals surface area (Å²) in [7, 11) is 1.01. The Morgan fingerprint density at radius 2 is 1.57 bits per heavy atom. The Labute approximate surface area is 176 Å². The van der Waals surface area contributed by atoms with E-state index in [0.717, 1.165) is 0 Å². The van der Waals surface area contributed by atoms with Crippen LogP contribution in [0.2, 0.25) is 0 Å². The van der Waals surface area contributed by atoms with Gasteiger partial charge in [0.25, 0.3) is 0 Å². The van der Waals surface area contributed by atoms with Crippen LogP contribution < -0.4 is 19.5 Å². The van der Waals surface area contributed by atoms with Gasteiger partial charge < -0.3 is 19.5 Å². The molecular formula is C21H26N2O6S. The van der Waals surface area contributed by atoms with Crippen molar-refractivity contribution in [2.75, 3.05) is 39.7 Å². The molecule has 1 aliphatic heterocycles. The number of nitrogens with zero attached hydrogens (tertiary/aromatic N) is 1. The van der Waals surface area contributed by atoms with Crippen molar-refractivity contribution in [3.05, 3.63) is 42.5 Å². The Kier molecular flexibility index (Phi) is 6.84. The molecule has 30 heavy (non-hydrogen) atoms. The standard InChI is InChI=1S/C21H26N2O6S/c1-27-17-5-7-18(8-6-17)30(25,26)23-12-10-15(11-13-23)21(24)22-16-4-9-19(28-2)20(14-16)29-3/h4-9,14-15H,10-13H2,1-3H3,(H,22,24). The molecule has 2 aromatic rings. The largest absolute Gasteiger partial charge is 0.497 e. The molecule has 3 rings (SSSR count). The van der Waals surface area contributed by atoms with Gasteiger partial charge in [-0.15, -0.1) is 0 Å². The van der Waals surface area contributed by atoms with Crippen LogP contribution in [0.15, 0.2) is 47.4 Å². The molecule has 0 aliphatic carbocycles. The molecule has 1 amide bonds. The second-order valence-electron chi connectivity index (χ2n) is 6.91. The van der Waals surface area contributed by atoms with Crippen LogP contribution in [-0.4, -0.2) is 53.0 Å². The second kappa shape index (κ2) is 9.36. The molecule has 0 unspecified atom stereocenters. The Morgan fingerprint density at radius 1 is 0.933 bits per heavy atom. The van der Waals surface area contributed by atoms with E-state index in [9.17, 15) is 13.2 Å². The molecule has 0 bridgehead atoms. The predicted molar refractivity (Wildman–Crippen MR) is 113 cm³/mol. The molecule has 0 atom stereocenters. The van der Waals surface area contributed by atoms with E-state index >= 15 is 0 Å². The van der Waals surface area contributed by atoms with Crippen molar-refractivity contribution in [2.45, 2.75) is 17.7 Å². The third-order valence-corrected chi connectivity index (χ3v) is 7.09. The molecule has 8 nitrogen and oxygen atoms in total. The minimum absolute atomic E-state index is 0.135. The Balaban J connectivity index is 1.61. The normalized spacial score (nSPS) is 15.4. The fourth-order valence-corrected chi connectivity index (χ4v) is 4.88. The molecule has 1 fully saturated rings. The highest BCUT2D eigenvalue weighted by Crippen LogP contribution is 2.31. The van der Waals surface area contributed by atoms with Gasteiger partial charge in [0.15, 0.2) is 11.5 Å². The van der Waals surface area contributed by atoms with E-state index in [1.54, 1.807) is 37.4 Å². The first-order chi connectivity index (χ1) is 14.4. The third-order valence-electron chi connectivity index (χ3n) is 5.17. The number of carbonyl (C=O) groups excluding carboxylic acids is 1. The van der Waals surface area contributed by atoms with Crippen LogP contribution in [0.1, 0.15) is 12.8 Å². The number of methoxy groups -OCH3 is 3. The number of anilines is 1. The lowest BCUT2D eigenvalue weighted by Gasteiger charge is -2.30. The van der Waals surface area contributed by atoms with Gasteiger partial charge in [-0.3, -0.25) is 4.79 Å². The lowest BCUT2D eigenvalue weighted by molar-refractivity contribution is -0.120. The van der Waals surface area contributed by atoms with Crippen LogP contribution in [0, 0.1) is 5.92 Å². The summed E-state index contributed by atoms with van der Waals surface area (Å²) in [5.41, 5.74) is 0.603. The number of rotatable bonds is 7. The van der Waals surface area contributed by atoms with E-state index in [1.165, 1.54) is 30.7 Å². The van der Waals surface area contributed by atoms with Gasteiger partial charge in [0.05, 0.1) is 26.2 Å². The van der Waals surface area contributed by atoms with Gasteiger partial charge in [-0.2, -0.15) is 4.31 Å². The van der Waals surface area contributed by atoms with Crippen LogP contribution in [-0.2, 0) is 14.8 Å². The Hall–Kier alpha value is -2.78. The van der Waals surface area contributed by atoms with Crippen molar-refractivity contribution < 1.29 is 27.4 Å². The van der Waals surface area contributed by atoms with Crippen LogP contribution in [0.5, 0.6) is 17.2 Å². The monoisotopic (exact) mass is 434 g/mol. The molecule has 1 saturated heterocycles. The summed E-state index contributed by atoms with van der Waals surface area (Å²) in [6, 6.07) is 11.5. The maximum absolute atomic E-state index is 12.8. The lowest BCUT2D eigenvalue weighted by Crippen LogP contribution is -2.41. The molecule has 2 aromatic carbocycles. The van der Waals surface area contributed by atoms with Crippen molar-refractivity contribution in [3.63, 3.8) is 0 Å². The average molecular weight is 435 g/mol. The molecule has 0 radical (unpaired) electrons. The molecular weight excluding hydrogens is 408 g/mol. The van der Waals surface area contributed by atoms with E-state index in [-0.39, 0.29) is 16.7 Å². The van der Waals surface area contributed by atoms with E-state index in [2.05, 4.69) is 5.32 Å². The first kappa shape index (κ1) is 21.9. The number of ether oxygens (including phenoxy) is 3. The number of hydrogen-bond acceptors (Lipinski definition) is 6. The molecule has 162 valence electrons. The van der Waals surface area contributed by atoms with Gasteiger partial charge >= 0.3 is 0 Å². The zero-order valence-electron chi connectivity index (χ0n) is 17.3. The highest BCUT2D eigenvalue weighted by atomic mass is 32.2. The van der Waals surface area contributed by atoms with Gasteiger partial charge in [-0.25, -0.2) is 8.42 Å². The Bertz CT molecular complexity index is 983. The summed E-state index contributed by atoms with van der Waals surface area (Å²) in [6.45, 7) is 0.580. The van der Waals surface area contributed by atoms with Crippen molar-refractivity contribution >= 4 is 21.6 Å². The summed E-state index contributed by atoms with van der Waals surface area (Å²) >= 11 is 0. The third kappa shape index (κ3) is 4.68. The molecule has 9 heteroatoms. The summed E-state index contributed by atoms with van der Waals surface area (Å²) in [4.78, 5) is 12.9. The van der Waals surface area contributed by atoms with E-state index < -0.39 is 10.0 Å². The molecule has 0 aromatic heterocycles. The summed E-state index contributed by atoms with van der Waals surface area (Å²) in [6.07, 6.45) is 0.906. The van der Waals surface area contributed by atoms with Crippen LogP contribution in [0.25, 0.3) is 0 Å². The van der Waals surface area contributed by atoms with E-state index in [0.29, 0.717) is 48.9 Å². The number of hydrogen-bond donors (Lipinski definition) is 1. The van der Waals surface area contributed by atoms with Gasteiger partial charge in [0.1, 0.15) is 5.75 Å². The van der Waals surface area contributed by atoms with Crippen molar-refractivity contribution in [2.24, 2.45) is 5.92 Å². The number of amides is 1. The quantitative estimate of drug-likeness (QED) is 0.720.